The van der Waals surface area contributed by atoms with Crippen molar-refractivity contribution in [3.63, 3.8) is 0 Å². The first-order chi connectivity index (χ1) is 10.1. The third-order valence-corrected chi connectivity index (χ3v) is 5.63. The number of rotatable bonds is 3. The molecule has 0 spiro atoms. The molecule has 1 aliphatic heterocycles. The van der Waals surface area contributed by atoms with Crippen molar-refractivity contribution in [2.24, 2.45) is 0 Å². The fourth-order valence-corrected chi connectivity index (χ4v) is 4.08. The normalized spacial score (nSPS) is 16.3. The molecule has 3 heterocycles. The average molecular weight is 319 g/mol. The highest BCUT2D eigenvalue weighted by molar-refractivity contribution is 7.10. The quantitative estimate of drug-likeness (QED) is 0.910. The Bertz CT molecular complexity index is 797. The number of hydrogen-bond donors (Lipinski definition) is 2. The van der Waals surface area contributed by atoms with Gasteiger partial charge in [0.25, 0.3) is 0 Å². The Labute approximate surface area is 131 Å². The van der Waals surface area contributed by atoms with Crippen LogP contribution in [0.15, 0.2) is 17.5 Å². The lowest BCUT2D eigenvalue weighted by molar-refractivity contribution is 0.0627. The molecule has 22 heavy (non-hydrogen) atoms. The van der Waals surface area contributed by atoms with Gasteiger partial charge in [-0.05, 0) is 25.3 Å². The SMILES string of the molecule is CC1(C)C(=O)n2c(C(=O)O)c(C(C)(C)c3cccs3)c(O)c21. The van der Waals surface area contributed by atoms with Crippen LogP contribution in [0.3, 0.4) is 0 Å². The van der Waals surface area contributed by atoms with Crippen LogP contribution >= 0.6 is 11.3 Å². The molecule has 116 valence electrons. The van der Waals surface area contributed by atoms with Gasteiger partial charge >= 0.3 is 5.97 Å². The molecule has 0 fully saturated rings. The summed E-state index contributed by atoms with van der Waals surface area (Å²) >= 11 is 1.49. The second-order valence-electron chi connectivity index (χ2n) is 6.59. The third-order valence-electron chi connectivity index (χ3n) is 4.44. The van der Waals surface area contributed by atoms with Crippen LogP contribution in [-0.4, -0.2) is 26.7 Å². The number of fused-ring (bicyclic) bond motifs is 1. The van der Waals surface area contributed by atoms with E-state index in [0.29, 0.717) is 11.3 Å². The Morgan fingerprint density at radius 3 is 2.50 bits per heavy atom. The number of carboxylic acid groups (broad SMARTS) is 1. The second-order valence-corrected chi connectivity index (χ2v) is 7.54. The molecule has 2 aromatic rings. The zero-order valence-electron chi connectivity index (χ0n) is 12.8. The monoisotopic (exact) mass is 319 g/mol. The van der Waals surface area contributed by atoms with E-state index in [-0.39, 0.29) is 17.4 Å². The van der Waals surface area contributed by atoms with Crippen molar-refractivity contribution in [3.05, 3.63) is 39.3 Å². The minimum atomic E-state index is -1.20. The summed E-state index contributed by atoms with van der Waals surface area (Å²) in [4.78, 5) is 24.9. The molecule has 0 unspecified atom stereocenters. The highest BCUT2D eigenvalue weighted by Crippen LogP contribution is 2.51. The lowest BCUT2D eigenvalue weighted by atomic mass is 9.79. The minimum Gasteiger partial charge on any atom is -0.506 e. The molecular formula is C16H17NO4S. The van der Waals surface area contributed by atoms with Crippen LogP contribution < -0.4 is 0 Å². The van der Waals surface area contributed by atoms with Crippen LogP contribution in [0.4, 0.5) is 0 Å². The van der Waals surface area contributed by atoms with E-state index in [1.54, 1.807) is 13.8 Å². The number of aromatic nitrogens is 1. The maximum Gasteiger partial charge on any atom is 0.353 e. The summed E-state index contributed by atoms with van der Waals surface area (Å²) in [6.07, 6.45) is 0. The molecule has 5 nitrogen and oxygen atoms in total. The summed E-state index contributed by atoms with van der Waals surface area (Å²) in [5.74, 6) is -1.59. The van der Waals surface area contributed by atoms with Gasteiger partial charge in [0.2, 0.25) is 5.91 Å². The molecule has 2 N–H and O–H groups in total. The third kappa shape index (κ3) is 1.58. The first-order valence-electron chi connectivity index (χ1n) is 6.92. The van der Waals surface area contributed by atoms with Gasteiger partial charge in [-0.2, -0.15) is 0 Å². The number of carbonyl (C=O) groups excluding carboxylic acids is 1. The Morgan fingerprint density at radius 2 is 2.00 bits per heavy atom. The van der Waals surface area contributed by atoms with Gasteiger partial charge in [0, 0.05) is 15.9 Å². The molecule has 0 saturated carbocycles. The molecule has 1 aliphatic rings. The van der Waals surface area contributed by atoms with E-state index in [2.05, 4.69) is 0 Å². The minimum absolute atomic E-state index is 0.0830. The Hall–Kier alpha value is -2.08. The molecule has 0 aromatic carbocycles. The van der Waals surface area contributed by atoms with E-state index < -0.39 is 16.8 Å². The summed E-state index contributed by atoms with van der Waals surface area (Å²) in [5.41, 5.74) is -1.01. The smallest absolute Gasteiger partial charge is 0.353 e. The molecular weight excluding hydrogens is 302 g/mol. The van der Waals surface area contributed by atoms with Crippen molar-refractivity contribution < 1.29 is 19.8 Å². The van der Waals surface area contributed by atoms with Crippen LogP contribution in [0.25, 0.3) is 0 Å². The number of thiophene rings is 1. The molecule has 0 saturated heterocycles. The number of hydrogen-bond acceptors (Lipinski definition) is 4. The maximum absolute atomic E-state index is 12.3. The summed E-state index contributed by atoms with van der Waals surface area (Å²) in [7, 11) is 0. The molecule has 6 heteroatoms. The van der Waals surface area contributed by atoms with Crippen LogP contribution in [-0.2, 0) is 10.8 Å². The lowest BCUT2D eigenvalue weighted by Gasteiger charge is -2.35. The van der Waals surface area contributed by atoms with E-state index in [9.17, 15) is 19.8 Å². The number of carbonyl (C=O) groups is 2. The van der Waals surface area contributed by atoms with Crippen LogP contribution in [0.5, 0.6) is 5.75 Å². The van der Waals surface area contributed by atoms with Crippen molar-refractivity contribution in [1.29, 1.82) is 0 Å². The van der Waals surface area contributed by atoms with Gasteiger partial charge in [-0.3, -0.25) is 9.36 Å². The molecule has 0 aliphatic carbocycles. The first kappa shape index (κ1) is 14.8. The van der Waals surface area contributed by atoms with Gasteiger partial charge in [-0.1, -0.05) is 19.9 Å². The Kier molecular flexibility index (Phi) is 2.85. The highest BCUT2D eigenvalue weighted by atomic mass is 32.1. The van der Waals surface area contributed by atoms with E-state index >= 15 is 0 Å². The summed E-state index contributed by atoms with van der Waals surface area (Å²) in [6.45, 7) is 7.10. The Balaban J connectivity index is 2.35. The van der Waals surface area contributed by atoms with Gasteiger partial charge in [0.05, 0.1) is 11.1 Å². The van der Waals surface area contributed by atoms with Crippen molar-refractivity contribution in [3.8, 4) is 5.75 Å². The van der Waals surface area contributed by atoms with E-state index in [4.69, 9.17) is 0 Å². The second kappa shape index (κ2) is 4.23. The maximum atomic E-state index is 12.3. The first-order valence-corrected chi connectivity index (χ1v) is 7.80. The van der Waals surface area contributed by atoms with E-state index in [1.807, 2.05) is 31.4 Å². The zero-order valence-corrected chi connectivity index (χ0v) is 13.6. The lowest BCUT2D eigenvalue weighted by Crippen LogP contribution is -2.48. The van der Waals surface area contributed by atoms with Crippen LogP contribution in [0.1, 0.15) is 59.1 Å². The van der Waals surface area contributed by atoms with Gasteiger partial charge in [-0.15, -0.1) is 11.3 Å². The van der Waals surface area contributed by atoms with E-state index in [1.165, 1.54) is 11.3 Å². The van der Waals surface area contributed by atoms with Gasteiger partial charge in [0.15, 0.2) is 0 Å². The fraction of sp³-hybridized carbons (Fsp3) is 0.375. The van der Waals surface area contributed by atoms with Gasteiger partial charge < -0.3 is 10.2 Å². The standard InChI is InChI=1S/C16H17NO4S/c1-15(2,8-6-5-7-22-8)9-10(13(19)20)17-12(11(9)18)16(3,4)14(17)21/h5-7,18H,1-4H3,(H,19,20). The molecule has 0 amide bonds. The summed E-state index contributed by atoms with van der Waals surface area (Å²) in [5, 5.41) is 22.1. The predicted octanol–water partition coefficient (Wildman–Crippen LogP) is 3.21. The summed E-state index contributed by atoms with van der Waals surface area (Å²) in [6, 6.07) is 3.78. The van der Waals surface area contributed by atoms with Gasteiger partial charge in [0.1, 0.15) is 11.4 Å². The number of aromatic hydroxyl groups is 1. The number of nitrogens with zero attached hydrogens (tertiary/aromatic N) is 1. The zero-order chi connectivity index (χ0) is 16.4. The molecule has 2 aromatic heterocycles. The highest BCUT2D eigenvalue weighted by Gasteiger charge is 2.53. The predicted molar refractivity (Wildman–Crippen MR) is 83.2 cm³/mol. The molecule has 3 rings (SSSR count). The summed E-state index contributed by atoms with van der Waals surface area (Å²) < 4.78 is 1.14. The van der Waals surface area contributed by atoms with Crippen molar-refractivity contribution in [2.75, 3.05) is 0 Å². The van der Waals surface area contributed by atoms with Crippen LogP contribution in [0, 0.1) is 0 Å². The van der Waals surface area contributed by atoms with Crippen LogP contribution in [0.2, 0.25) is 0 Å². The number of carboxylic acids is 1. The fourth-order valence-electron chi connectivity index (χ4n) is 3.22. The Morgan fingerprint density at radius 1 is 1.36 bits per heavy atom. The van der Waals surface area contributed by atoms with E-state index in [0.717, 1.165) is 9.44 Å². The largest absolute Gasteiger partial charge is 0.506 e. The van der Waals surface area contributed by atoms with Crippen molar-refractivity contribution >= 4 is 23.2 Å². The number of aromatic carboxylic acids is 1. The average Bonchev–Trinajstić information content (AvgIpc) is 3.02. The van der Waals surface area contributed by atoms with Crippen molar-refractivity contribution in [2.45, 2.75) is 38.5 Å². The molecule has 0 radical (unpaired) electrons. The topological polar surface area (TPSA) is 79.5 Å². The van der Waals surface area contributed by atoms with Gasteiger partial charge in [-0.25, -0.2) is 4.79 Å². The molecule has 0 bridgehead atoms. The van der Waals surface area contributed by atoms with Crippen molar-refractivity contribution in [1.82, 2.24) is 4.57 Å². The molecule has 0 atom stereocenters.